The molecule has 0 radical (unpaired) electrons. The smallest absolute Gasteiger partial charge is 0.329 e. The number of rotatable bonds is 5. The van der Waals surface area contributed by atoms with Gasteiger partial charge in [-0.2, -0.15) is 5.10 Å². The van der Waals surface area contributed by atoms with Gasteiger partial charge in [0.1, 0.15) is 17.0 Å². The van der Waals surface area contributed by atoms with Crippen molar-refractivity contribution < 1.29 is 24.2 Å². The minimum absolute atomic E-state index is 0.231. The lowest BCUT2D eigenvalue weighted by Crippen LogP contribution is -2.57. The van der Waals surface area contributed by atoms with Crippen molar-refractivity contribution in [2.75, 3.05) is 20.3 Å². The molecular weight excluding hydrogens is 326 g/mol. The number of carbonyl (C=O) groups is 2. The number of hydrogen-bond acceptors (Lipinski definition) is 5. The first-order valence-electron chi connectivity index (χ1n) is 7.87. The fraction of sp³-hybridized carbons (Fsp3) is 0.353. The molecule has 2 N–H and O–H groups in total. The van der Waals surface area contributed by atoms with Crippen molar-refractivity contribution in [3.05, 3.63) is 42.2 Å². The lowest BCUT2D eigenvalue weighted by Gasteiger charge is -2.33. The maximum absolute atomic E-state index is 12.5. The highest BCUT2D eigenvalue weighted by molar-refractivity contribution is 5.97. The highest BCUT2D eigenvalue weighted by Gasteiger charge is 2.41. The maximum atomic E-state index is 12.5. The SMILES string of the molecule is COc1ccccc1-n1cc(C(=O)NC2(C(=O)O)CCOCC2)cn1. The normalized spacial score (nSPS) is 16.2. The van der Waals surface area contributed by atoms with Gasteiger partial charge in [-0.3, -0.25) is 4.79 Å². The number of hydrogen-bond donors (Lipinski definition) is 2. The number of benzene rings is 1. The zero-order chi connectivity index (χ0) is 17.9. The van der Waals surface area contributed by atoms with Gasteiger partial charge in [-0.15, -0.1) is 0 Å². The van der Waals surface area contributed by atoms with E-state index in [0.29, 0.717) is 24.7 Å². The van der Waals surface area contributed by atoms with E-state index in [1.54, 1.807) is 19.4 Å². The molecule has 2 aromatic rings. The Kier molecular flexibility index (Phi) is 4.71. The van der Waals surface area contributed by atoms with E-state index in [2.05, 4.69) is 10.4 Å². The summed E-state index contributed by atoms with van der Waals surface area (Å²) in [4.78, 5) is 24.2. The van der Waals surface area contributed by atoms with Crippen LogP contribution in [0.3, 0.4) is 0 Å². The predicted octanol–water partition coefficient (Wildman–Crippen LogP) is 1.24. The molecule has 1 aromatic carbocycles. The summed E-state index contributed by atoms with van der Waals surface area (Å²) in [5.74, 6) is -0.921. The zero-order valence-corrected chi connectivity index (χ0v) is 13.8. The molecular formula is C17H19N3O5. The first kappa shape index (κ1) is 17.0. The number of methoxy groups -OCH3 is 1. The summed E-state index contributed by atoms with van der Waals surface area (Å²) in [6, 6.07) is 7.27. The Labute approximate surface area is 144 Å². The van der Waals surface area contributed by atoms with E-state index in [1.165, 1.54) is 10.9 Å². The molecule has 8 heteroatoms. The summed E-state index contributed by atoms with van der Waals surface area (Å²) in [5.41, 5.74) is -0.344. The van der Waals surface area contributed by atoms with Crippen LogP contribution in [0.1, 0.15) is 23.2 Å². The summed E-state index contributed by atoms with van der Waals surface area (Å²) < 4.78 is 12.0. The summed E-state index contributed by atoms with van der Waals surface area (Å²) in [5, 5.41) is 16.3. The van der Waals surface area contributed by atoms with E-state index in [9.17, 15) is 14.7 Å². The van der Waals surface area contributed by atoms with Crippen molar-refractivity contribution in [3.8, 4) is 11.4 Å². The molecule has 0 saturated carbocycles. The molecule has 0 unspecified atom stereocenters. The summed E-state index contributed by atoms with van der Waals surface area (Å²) >= 11 is 0. The van der Waals surface area contributed by atoms with Crippen LogP contribution in [0.15, 0.2) is 36.7 Å². The van der Waals surface area contributed by atoms with Crippen molar-refractivity contribution in [2.24, 2.45) is 0 Å². The first-order chi connectivity index (χ1) is 12.1. The van der Waals surface area contributed by atoms with Crippen LogP contribution in [0.2, 0.25) is 0 Å². The first-order valence-corrected chi connectivity index (χ1v) is 7.87. The molecule has 0 bridgehead atoms. The third-order valence-electron chi connectivity index (χ3n) is 4.29. The number of ether oxygens (including phenoxy) is 2. The molecule has 1 fully saturated rings. The summed E-state index contributed by atoms with van der Waals surface area (Å²) in [7, 11) is 1.55. The average molecular weight is 345 g/mol. The number of aromatic nitrogens is 2. The second-order valence-electron chi connectivity index (χ2n) is 5.80. The Hall–Kier alpha value is -2.87. The highest BCUT2D eigenvalue weighted by atomic mass is 16.5. The molecule has 3 rings (SSSR count). The van der Waals surface area contributed by atoms with E-state index < -0.39 is 17.4 Å². The average Bonchev–Trinajstić information content (AvgIpc) is 3.12. The second-order valence-corrected chi connectivity index (χ2v) is 5.80. The van der Waals surface area contributed by atoms with Gasteiger partial charge in [-0.25, -0.2) is 9.48 Å². The Balaban J connectivity index is 1.82. The molecule has 1 aliphatic heterocycles. The molecule has 1 saturated heterocycles. The van der Waals surface area contributed by atoms with Crippen LogP contribution in [-0.4, -0.2) is 52.6 Å². The van der Waals surface area contributed by atoms with E-state index >= 15 is 0 Å². The summed E-state index contributed by atoms with van der Waals surface area (Å²) in [6.07, 6.45) is 3.40. The number of nitrogens with one attached hydrogen (secondary N) is 1. The molecule has 132 valence electrons. The van der Waals surface area contributed by atoms with Crippen LogP contribution < -0.4 is 10.1 Å². The van der Waals surface area contributed by atoms with Gasteiger partial charge in [0.05, 0.1) is 18.9 Å². The molecule has 0 atom stereocenters. The van der Waals surface area contributed by atoms with Gasteiger partial charge in [0, 0.05) is 32.3 Å². The van der Waals surface area contributed by atoms with Gasteiger partial charge < -0.3 is 19.9 Å². The minimum atomic E-state index is -1.30. The van der Waals surface area contributed by atoms with E-state index in [4.69, 9.17) is 9.47 Å². The van der Waals surface area contributed by atoms with Crippen molar-refractivity contribution in [1.29, 1.82) is 0 Å². The minimum Gasteiger partial charge on any atom is -0.494 e. The topological polar surface area (TPSA) is 103 Å². The molecule has 0 spiro atoms. The van der Waals surface area contributed by atoms with Gasteiger partial charge in [0.2, 0.25) is 0 Å². The Morgan fingerprint density at radius 3 is 2.72 bits per heavy atom. The number of amides is 1. The standard InChI is InChI=1S/C17H19N3O5/c1-24-14-5-3-2-4-13(14)20-11-12(10-18-20)15(21)19-17(16(22)23)6-8-25-9-7-17/h2-5,10-11H,6-9H2,1H3,(H,19,21)(H,22,23). The number of carboxylic acids is 1. The number of nitrogens with zero attached hydrogens (tertiary/aromatic N) is 2. The molecule has 1 aromatic heterocycles. The molecule has 2 heterocycles. The Bertz CT molecular complexity index is 780. The van der Waals surface area contributed by atoms with Gasteiger partial charge in [-0.05, 0) is 12.1 Å². The van der Waals surface area contributed by atoms with Crippen molar-refractivity contribution in [2.45, 2.75) is 18.4 Å². The second kappa shape index (κ2) is 6.94. The molecule has 0 aliphatic carbocycles. The van der Waals surface area contributed by atoms with Crippen LogP contribution in [0.25, 0.3) is 5.69 Å². The quantitative estimate of drug-likeness (QED) is 0.845. The fourth-order valence-corrected chi connectivity index (χ4v) is 2.79. The lowest BCUT2D eigenvalue weighted by atomic mass is 9.90. The van der Waals surface area contributed by atoms with E-state index in [-0.39, 0.29) is 18.4 Å². The number of aliphatic carboxylic acids is 1. The monoisotopic (exact) mass is 345 g/mol. The largest absolute Gasteiger partial charge is 0.494 e. The molecule has 8 nitrogen and oxygen atoms in total. The maximum Gasteiger partial charge on any atom is 0.329 e. The number of para-hydroxylation sites is 2. The van der Waals surface area contributed by atoms with Gasteiger partial charge >= 0.3 is 5.97 Å². The lowest BCUT2D eigenvalue weighted by molar-refractivity contribution is -0.148. The molecule has 25 heavy (non-hydrogen) atoms. The van der Waals surface area contributed by atoms with Crippen molar-refractivity contribution in [3.63, 3.8) is 0 Å². The van der Waals surface area contributed by atoms with Crippen LogP contribution >= 0.6 is 0 Å². The van der Waals surface area contributed by atoms with Crippen LogP contribution in [0, 0.1) is 0 Å². The van der Waals surface area contributed by atoms with E-state index in [0.717, 1.165) is 0 Å². The summed E-state index contributed by atoms with van der Waals surface area (Å²) in [6.45, 7) is 0.597. The number of carbonyl (C=O) groups excluding carboxylic acids is 1. The van der Waals surface area contributed by atoms with Gasteiger partial charge in [-0.1, -0.05) is 12.1 Å². The Morgan fingerprint density at radius 2 is 2.04 bits per heavy atom. The number of carboxylic acid groups (broad SMARTS) is 1. The van der Waals surface area contributed by atoms with Crippen LogP contribution in [0.4, 0.5) is 0 Å². The third-order valence-corrected chi connectivity index (χ3v) is 4.29. The van der Waals surface area contributed by atoms with Gasteiger partial charge in [0.25, 0.3) is 5.91 Å². The third kappa shape index (κ3) is 3.34. The van der Waals surface area contributed by atoms with Gasteiger partial charge in [0.15, 0.2) is 0 Å². The highest BCUT2D eigenvalue weighted by Crippen LogP contribution is 2.23. The molecule has 1 amide bonds. The van der Waals surface area contributed by atoms with Crippen molar-refractivity contribution in [1.82, 2.24) is 15.1 Å². The fourth-order valence-electron chi connectivity index (χ4n) is 2.79. The Morgan fingerprint density at radius 1 is 1.32 bits per heavy atom. The molecule has 1 aliphatic rings. The van der Waals surface area contributed by atoms with E-state index in [1.807, 2.05) is 18.2 Å². The van der Waals surface area contributed by atoms with Crippen LogP contribution in [0.5, 0.6) is 5.75 Å². The zero-order valence-electron chi connectivity index (χ0n) is 13.8. The predicted molar refractivity (Wildman–Crippen MR) is 88.0 cm³/mol. The van der Waals surface area contributed by atoms with Crippen molar-refractivity contribution >= 4 is 11.9 Å². The van der Waals surface area contributed by atoms with Crippen LogP contribution in [-0.2, 0) is 9.53 Å².